The molecule has 1 unspecified atom stereocenters. The number of hydrogen-bond donors (Lipinski definition) is 0. The maximum Gasteiger partial charge on any atom is 0.415 e. The standard InChI is InChI=1S/C14H22ClNO4/c1-13(2,3)20-12(18)16-10-6-8-14(16,7-5-9-15)11(17)19-4/h6,10H,5,7-9H2,1-4H3. The number of ether oxygens (including phenoxy) is 2. The van der Waals surface area contributed by atoms with Gasteiger partial charge in [0.1, 0.15) is 5.60 Å². The summed E-state index contributed by atoms with van der Waals surface area (Å²) in [6.07, 6.45) is 4.27. The van der Waals surface area contributed by atoms with Crippen molar-refractivity contribution in [1.82, 2.24) is 4.90 Å². The van der Waals surface area contributed by atoms with Gasteiger partial charge in [0.25, 0.3) is 0 Å². The van der Waals surface area contributed by atoms with Crippen LogP contribution in [0.1, 0.15) is 40.0 Å². The largest absolute Gasteiger partial charge is 0.467 e. The van der Waals surface area contributed by atoms with Gasteiger partial charge in [0, 0.05) is 18.5 Å². The molecule has 1 aliphatic rings. The lowest BCUT2D eigenvalue weighted by Gasteiger charge is -2.36. The number of hydrogen-bond acceptors (Lipinski definition) is 4. The Bertz CT molecular complexity index is 402. The third-order valence-corrected chi connectivity index (χ3v) is 3.32. The molecule has 114 valence electrons. The Morgan fingerprint density at radius 2 is 2.05 bits per heavy atom. The molecule has 0 aromatic rings. The van der Waals surface area contributed by atoms with E-state index >= 15 is 0 Å². The molecule has 1 rings (SSSR count). The van der Waals surface area contributed by atoms with Gasteiger partial charge in [-0.1, -0.05) is 6.08 Å². The Labute approximate surface area is 124 Å². The van der Waals surface area contributed by atoms with E-state index in [1.807, 2.05) is 0 Å². The van der Waals surface area contributed by atoms with Crippen LogP contribution in [-0.2, 0) is 14.3 Å². The highest BCUT2D eigenvalue weighted by Gasteiger charge is 2.49. The summed E-state index contributed by atoms with van der Waals surface area (Å²) in [6.45, 7) is 5.34. The Hall–Kier alpha value is -1.23. The average molecular weight is 304 g/mol. The fourth-order valence-corrected chi connectivity index (χ4v) is 2.33. The van der Waals surface area contributed by atoms with E-state index in [1.54, 1.807) is 33.0 Å². The summed E-state index contributed by atoms with van der Waals surface area (Å²) in [5.41, 5.74) is -1.66. The zero-order chi connectivity index (χ0) is 15.4. The van der Waals surface area contributed by atoms with Crippen LogP contribution in [0.4, 0.5) is 4.79 Å². The summed E-state index contributed by atoms with van der Waals surface area (Å²) < 4.78 is 10.2. The molecular weight excluding hydrogens is 282 g/mol. The molecule has 0 radical (unpaired) electrons. The van der Waals surface area contributed by atoms with Gasteiger partial charge in [-0.15, -0.1) is 11.6 Å². The number of alkyl halides is 1. The monoisotopic (exact) mass is 303 g/mol. The number of amides is 1. The molecule has 0 spiro atoms. The van der Waals surface area contributed by atoms with Crippen LogP contribution in [0.15, 0.2) is 12.3 Å². The Morgan fingerprint density at radius 1 is 1.40 bits per heavy atom. The molecular formula is C14H22ClNO4. The van der Waals surface area contributed by atoms with E-state index in [0.29, 0.717) is 25.1 Å². The number of esters is 1. The predicted molar refractivity (Wildman–Crippen MR) is 76.5 cm³/mol. The lowest BCUT2D eigenvalue weighted by Crippen LogP contribution is -2.53. The fourth-order valence-electron chi connectivity index (χ4n) is 2.20. The van der Waals surface area contributed by atoms with Crippen molar-refractivity contribution < 1.29 is 19.1 Å². The third kappa shape index (κ3) is 3.66. The van der Waals surface area contributed by atoms with Gasteiger partial charge in [0.2, 0.25) is 0 Å². The van der Waals surface area contributed by atoms with Crippen molar-refractivity contribution >= 4 is 23.7 Å². The molecule has 0 fully saturated rings. The molecule has 20 heavy (non-hydrogen) atoms. The van der Waals surface area contributed by atoms with Crippen LogP contribution < -0.4 is 0 Å². The first-order valence-electron chi connectivity index (χ1n) is 6.60. The van der Waals surface area contributed by atoms with E-state index in [4.69, 9.17) is 21.1 Å². The summed E-state index contributed by atoms with van der Waals surface area (Å²) in [5, 5.41) is 0. The number of nitrogens with zero attached hydrogens (tertiary/aromatic N) is 1. The average Bonchev–Trinajstić information content (AvgIpc) is 2.78. The molecule has 6 heteroatoms. The van der Waals surface area contributed by atoms with Gasteiger partial charge in [-0.3, -0.25) is 4.90 Å². The maximum atomic E-state index is 12.3. The second kappa shape index (κ2) is 6.48. The number of carbonyl (C=O) groups is 2. The minimum absolute atomic E-state index is 0.413. The van der Waals surface area contributed by atoms with Crippen molar-refractivity contribution in [3.05, 3.63) is 12.3 Å². The van der Waals surface area contributed by atoms with Gasteiger partial charge < -0.3 is 9.47 Å². The first kappa shape index (κ1) is 16.8. The van der Waals surface area contributed by atoms with Gasteiger partial charge in [-0.2, -0.15) is 0 Å². The fraction of sp³-hybridized carbons (Fsp3) is 0.714. The van der Waals surface area contributed by atoms with Crippen LogP contribution in [0.3, 0.4) is 0 Å². The predicted octanol–water partition coefficient (Wildman–Crippen LogP) is 3.07. The number of halogens is 1. The third-order valence-electron chi connectivity index (χ3n) is 3.05. The van der Waals surface area contributed by atoms with E-state index in [9.17, 15) is 9.59 Å². The van der Waals surface area contributed by atoms with Gasteiger partial charge in [0.15, 0.2) is 5.54 Å². The topological polar surface area (TPSA) is 55.8 Å². The van der Waals surface area contributed by atoms with Gasteiger partial charge in [0.05, 0.1) is 7.11 Å². The summed E-state index contributed by atoms with van der Waals surface area (Å²) >= 11 is 5.72. The van der Waals surface area contributed by atoms with Crippen LogP contribution in [0.2, 0.25) is 0 Å². The highest BCUT2D eigenvalue weighted by atomic mass is 35.5. The molecule has 0 N–H and O–H groups in total. The van der Waals surface area contributed by atoms with Gasteiger partial charge in [-0.25, -0.2) is 9.59 Å². The number of methoxy groups -OCH3 is 1. The summed E-state index contributed by atoms with van der Waals surface area (Å²) in [7, 11) is 1.32. The molecule has 0 bridgehead atoms. The Kier molecular flexibility index (Phi) is 5.45. The van der Waals surface area contributed by atoms with Gasteiger partial charge in [-0.05, 0) is 33.6 Å². The van der Waals surface area contributed by atoms with Crippen molar-refractivity contribution in [3.8, 4) is 0 Å². The second-order valence-corrected chi connectivity index (χ2v) is 6.13. The zero-order valence-corrected chi connectivity index (χ0v) is 13.2. The van der Waals surface area contributed by atoms with Crippen LogP contribution >= 0.6 is 11.6 Å². The lowest BCUT2D eigenvalue weighted by atomic mass is 9.90. The summed E-state index contributed by atoms with van der Waals surface area (Å²) in [4.78, 5) is 25.8. The molecule has 5 nitrogen and oxygen atoms in total. The molecule has 1 amide bonds. The van der Waals surface area contributed by atoms with Crippen LogP contribution in [0, 0.1) is 0 Å². The normalized spacial score (nSPS) is 21.9. The Morgan fingerprint density at radius 3 is 2.55 bits per heavy atom. The molecule has 1 atom stereocenters. The second-order valence-electron chi connectivity index (χ2n) is 5.75. The van der Waals surface area contributed by atoms with E-state index < -0.39 is 23.2 Å². The molecule has 0 aliphatic carbocycles. The molecule has 0 saturated heterocycles. The minimum Gasteiger partial charge on any atom is -0.467 e. The number of rotatable bonds is 4. The summed E-state index contributed by atoms with van der Waals surface area (Å²) in [6, 6.07) is 0. The van der Waals surface area contributed by atoms with E-state index in [1.165, 1.54) is 12.0 Å². The first-order chi connectivity index (χ1) is 9.27. The first-order valence-corrected chi connectivity index (χ1v) is 7.13. The molecule has 0 aromatic heterocycles. The smallest absolute Gasteiger partial charge is 0.415 e. The minimum atomic E-state index is -1.04. The maximum absolute atomic E-state index is 12.3. The zero-order valence-electron chi connectivity index (χ0n) is 12.4. The Balaban J connectivity index is 2.98. The highest BCUT2D eigenvalue weighted by Crippen LogP contribution is 2.34. The van der Waals surface area contributed by atoms with Crippen LogP contribution in [0.5, 0.6) is 0 Å². The summed E-state index contributed by atoms with van der Waals surface area (Å²) in [5.74, 6) is -0.0283. The van der Waals surface area contributed by atoms with Crippen molar-refractivity contribution in [3.63, 3.8) is 0 Å². The molecule has 1 aliphatic heterocycles. The highest BCUT2D eigenvalue weighted by molar-refractivity contribution is 6.17. The van der Waals surface area contributed by atoms with E-state index in [0.717, 1.165) is 0 Å². The van der Waals surface area contributed by atoms with E-state index in [2.05, 4.69) is 0 Å². The van der Waals surface area contributed by atoms with Crippen LogP contribution in [-0.4, -0.2) is 41.1 Å². The van der Waals surface area contributed by atoms with Crippen molar-refractivity contribution in [1.29, 1.82) is 0 Å². The van der Waals surface area contributed by atoms with E-state index in [-0.39, 0.29) is 0 Å². The van der Waals surface area contributed by atoms with Crippen molar-refractivity contribution in [2.24, 2.45) is 0 Å². The van der Waals surface area contributed by atoms with Crippen molar-refractivity contribution in [2.75, 3.05) is 13.0 Å². The molecule has 1 heterocycles. The SMILES string of the molecule is COC(=O)C1(CCCCl)CC=CN1C(=O)OC(C)(C)C. The van der Waals surface area contributed by atoms with Crippen LogP contribution in [0.25, 0.3) is 0 Å². The number of carbonyl (C=O) groups excluding carboxylic acids is 2. The molecule has 0 saturated carbocycles. The van der Waals surface area contributed by atoms with Gasteiger partial charge >= 0.3 is 12.1 Å². The quantitative estimate of drug-likeness (QED) is 0.591. The lowest BCUT2D eigenvalue weighted by molar-refractivity contribution is -0.153. The molecule has 0 aromatic carbocycles. The van der Waals surface area contributed by atoms with Crippen molar-refractivity contribution in [2.45, 2.75) is 51.2 Å².